The number of H-pyrrole nitrogens is 1. The number of nitrogens with one attached hydrogen (secondary N) is 2. The minimum atomic E-state index is 0.550. The van der Waals surface area contributed by atoms with Crippen LogP contribution in [0.5, 0.6) is 0 Å². The molecule has 2 fully saturated rings. The number of anilines is 1. The molecule has 1 aliphatic carbocycles. The number of aromatic nitrogens is 2. The van der Waals surface area contributed by atoms with Crippen LogP contribution in [-0.4, -0.2) is 33.7 Å². The van der Waals surface area contributed by atoms with E-state index >= 15 is 0 Å². The third kappa shape index (κ3) is 2.81. The van der Waals surface area contributed by atoms with Crippen molar-refractivity contribution in [3.8, 4) is 0 Å². The first-order chi connectivity index (χ1) is 12.2. The van der Waals surface area contributed by atoms with Gasteiger partial charge in [-0.3, -0.25) is 10.00 Å². The molecule has 128 valence electrons. The number of hydrogen-bond acceptors (Lipinski definition) is 3. The summed E-state index contributed by atoms with van der Waals surface area (Å²) in [4.78, 5) is 2.67. The second-order valence-electron chi connectivity index (χ2n) is 7.74. The average molecular weight is 332 g/mol. The predicted octanol–water partition coefficient (Wildman–Crippen LogP) is 3.95. The lowest BCUT2D eigenvalue weighted by molar-refractivity contribution is 0.192. The van der Waals surface area contributed by atoms with Crippen LogP contribution in [0.4, 0.5) is 5.69 Å². The first-order valence-electron chi connectivity index (χ1n) is 9.24. The van der Waals surface area contributed by atoms with Gasteiger partial charge in [-0.15, -0.1) is 0 Å². The number of rotatable bonds is 4. The van der Waals surface area contributed by atoms with Gasteiger partial charge in [0.2, 0.25) is 0 Å². The molecule has 0 radical (unpaired) electrons. The summed E-state index contributed by atoms with van der Waals surface area (Å²) in [5.41, 5.74) is 5.07. The van der Waals surface area contributed by atoms with Crippen LogP contribution >= 0.6 is 0 Å². The van der Waals surface area contributed by atoms with Crippen LogP contribution in [0, 0.1) is 12.8 Å². The van der Waals surface area contributed by atoms with E-state index in [1.165, 1.54) is 41.6 Å². The predicted molar refractivity (Wildman–Crippen MR) is 102 cm³/mol. The smallest absolute Gasteiger partial charge is 0.0651 e. The Hall–Kier alpha value is -2.33. The molecule has 1 saturated carbocycles. The number of aryl methyl sites for hydroxylation is 1. The highest BCUT2D eigenvalue weighted by atomic mass is 15.2. The van der Waals surface area contributed by atoms with E-state index in [1.807, 2.05) is 6.20 Å². The van der Waals surface area contributed by atoms with Crippen LogP contribution in [0.3, 0.4) is 0 Å². The third-order valence-corrected chi connectivity index (χ3v) is 5.89. The first kappa shape index (κ1) is 15.0. The van der Waals surface area contributed by atoms with Gasteiger partial charge in [-0.1, -0.05) is 29.8 Å². The maximum absolute atomic E-state index is 4.12. The highest BCUT2D eigenvalue weighted by Crippen LogP contribution is 2.40. The molecule has 1 aliphatic heterocycles. The number of benzene rings is 2. The molecule has 0 amide bonds. The molecular formula is C21H24N4. The summed E-state index contributed by atoms with van der Waals surface area (Å²) in [5, 5.41) is 12.1. The first-order valence-corrected chi connectivity index (χ1v) is 9.24. The van der Waals surface area contributed by atoms with Crippen molar-refractivity contribution in [3.63, 3.8) is 0 Å². The third-order valence-electron chi connectivity index (χ3n) is 5.89. The average Bonchev–Trinajstić information content (AvgIpc) is 3.31. The van der Waals surface area contributed by atoms with Crippen molar-refractivity contribution in [3.05, 3.63) is 59.8 Å². The highest BCUT2D eigenvalue weighted by Gasteiger charge is 2.44. The van der Waals surface area contributed by atoms with Gasteiger partial charge in [0.1, 0.15) is 0 Å². The van der Waals surface area contributed by atoms with Crippen molar-refractivity contribution in [1.82, 2.24) is 15.1 Å². The number of piperidine rings is 1. The van der Waals surface area contributed by atoms with Crippen molar-refractivity contribution < 1.29 is 0 Å². The van der Waals surface area contributed by atoms with Crippen LogP contribution in [0.15, 0.2) is 48.7 Å². The molecule has 25 heavy (non-hydrogen) atoms. The van der Waals surface area contributed by atoms with Gasteiger partial charge < -0.3 is 5.32 Å². The summed E-state index contributed by atoms with van der Waals surface area (Å²) >= 11 is 0. The lowest BCUT2D eigenvalue weighted by atomic mass is 10.0. The molecule has 1 aromatic heterocycles. The molecule has 3 atom stereocenters. The van der Waals surface area contributed by atoms with E-state index in [9.17, 15) is 0 Å². The summed E-state index contributed by atoms with van der Waals surface area (Å²) in [6.07, 6.45) is 4.51. The number of hydrogen-bond donors (Lipinski definition) is 2. The topological polar surface area (TPSA) is 44.0 Å². The van der Waals surface area contributed by atoms with Crippen LogP contribution in [0.1, 0.15) is 24.0 Å². The molecule has 2 bridgehead atoms. The summed E-state index contributed by atoms with van der Waals surface area (Å²) < 4.78 is 0. The number of fused-ring (bicyclic) bond motifs is 3. The van der Waals surface area contributed by atoms with Crippen LogP contribution in [0.2, 0.25) is 0 Å². The Morgan fingerprint density at radius 2 is 2.04 bits per heavy atom. The summed E-state index contributed by atoms with van der Waals surface area (Å²) in [7, 11) is 0. The Bertz CT molecular complexity index is 882. The van der Waals surface area contributed by atoms with Gasteiger partial charge >= 0.3 is 0 Å². The maximum Gasteiger partial charge on any atom is 0.0651 e. The molecule has 5 rings (SSSR count). The number of aromatic amines is 1. The van der Waals surface area contributed by atoms with E-state index < -0.39 is 0 Å². The molecule has 4 nitrogen and oxygen atoms in total. The summed E-state index contributed by atoms with van der Waals surface area (Å²) in [5.74, 6) is 0.839. The van der Waals surface area contributed by atoms with Gasteiger partial charge in [0.15, 0.2) is 0 Å². The second-order valence-corrected chi connectivity index (χ2v) is 7.74. The Kier molecular flexibility index (Phi) is 3.52. The van der Waals surface area contributed by atoms with E-state index in [0.29, 0.717) is 12.1 Å². The zero-order valence-corrected chi connectivity index (χ0v) is 14.6. The molecule has 2 aromatic carbocycles. The minimum Gasteiger partial charge on any atom is -0.381 e. The number of likely N-dealkylation sites (tertiary alicyclic amines) is 1. The lowest BCUT2D eigenvalue weighted by Gasteiger charge is -2.34. The lowest BCUT2D eigenvalue weighted by Crippen LogP contribution is -2.44. The standard InChI is InChI=1S/C21H24N4/c1-14-2-4-15(5-3-14)12-25-13-16-8-20(21(25)9-16)23-18-6-7-19-17(10-18)11-22-24-19/h2-7,10-11,16,20-21,23H,8-9,12-13H2,1H3,(H,22,24)/t16-,20-,21-/m1/s1. The van der Waals surface area contributed by atoms with E-state index in [-0.39, 0.29) is 0 Å². The molecule has 0 spiro atoms. The van der Waals surface area contributed by atoms with Gasteiger partial charge in [-0.25, -0.2) is 0 Å². The second kappa shape index (κ2) is 5.88. The van der Waals surface area contributed by atoms with Gasteiger partial charge in [-0.05, 0) is 49.4 Å². The normalized spacial score (nSPS) is 25.7. The molecule has 2 aliphatic rings. The fourth-order valence-corrected chi connectivity index (χ4v) is 4.65. The van der Waals surface area contributed by atoms with Crippen molar-refractivity contribution in [1.29, 1.82) is 0 Å². The SMILES string of the molecule is Cc1ccc(CN2C[C@H]3C[C@@H]2[C@H](Nc2ccc4[nH]ncc4c2)C3)cc1. The molecule has 1 saturated heterocycles. The Morgan fingerprint density at radius 1 is 1.16 bits per heavy atom. The number of nitrogens with zero attached hydrogens (tertiary/aromatic N) is 2. The van der Waals surface area contributed by atoms with Gasteiger partial charge in [-0.2, -0.15) is 5.10 Å². The van der Waals surface area contributed by atoms with E-state index in [4.69, 9.17) is 0 Å². The van der Waals surface area contributed by atoms with E-state index in [1.54, 1.807) is 0 Å². The maximum atomic E-state index is 4.12. The monoisotopic (exact) mass is 332 g/mol. The zero-order valence-electron chi connectivity index (χ0n) is 14.6. The van der Waals surface area contributed by atoms with E-state index in [2.05, 4.69) is 69.8 Å². The van der Waals surface area contributed by atoms with Crippen molar-refractivity contribution >= 4 is 16.6 Å². The quantitative estimate of drug-likeness (QED) is 0.760. The van der Waals surface area contributed by atoms with Crippen LogP contribution in [0.25, 0.3) is 10.9 Å². The van der Waals surface area contributed by atoms with Crippen molar-refractivity contribution in [2.24, 2.45) is 5.92 Å². The molecule has 3 aromatic rings. The fraction of sp³-hybridized carbons (Fsp3) is 0.381. The van der Waals surface area contributed by atoms with Crippen LogP contribution in [-0.2, 0) is 6.54 Å². The summed E-state index contributed by atoms with van der Waals surface area (Å²) in [6.45, 7) is 4.47. The van der Waals surface area contributed by atoms with Gasteiger partial charge in [0.25, 0.3) is 0 Å². The Balaban J connectivity index is 1.30. The van der Waals surface area contributed by atoms with Crippen LogP contribution < -0.4 is 5.32 Å². The van der Waals surface area contributed by atoms with Gasteiger partial charge in [0, 0.05) is 36.2 Å². The van der Waals surface area contributed by atoms with Gasteiger partial charge in [0.05, 0.1) is 11.7 Å². The molecule has 2 N–H and O–H groups in total. The minimum absolute atomic E-state index is 0.550. The van der Waals surface area contributed by atoms with Crippen molar-refractivity contribution in [2.45, 2.75) is 38.4 Å². The molecule has 0 unspecified atom stereocenters. The largest absolute Gasteiger partial charge is 0.381 e. The van der Waals surface area contributed by atoms with E-state index in [0.717, 1.165) is 18.0 Å². The fourth-order valence-electron chi connectivity index (χ4n) is 4.65. The van der Waals surface area contributed by atoms with Crippen molar-refractivity contribution in [2.75, 3.05) is 11.9 Å². The Morgan fingerprint density at radius 3 is 2.88 bits per heavy atom. The molecule has 2 heterocycles. The molecule has 4 heteroatoms. The zero-order chi connectivity index (χ0) is 16.8. The highest BCUT2D eigenvalue weighted by molar-refractivity contribution is 5.81. The molecular weight excluding hydrogens is 308 g/mol. The Labute approximate surface area is 148 Å². The summed E-state index contributed by atoms with van der Waals surface area (Å²) in [6, 6.07) is 16.7.